The number of hydrogen-bond donors (Lipinski definition) is 0. The van der Waals surface area contributed by atoms with Crippen LogP contribution in [0.3, 0.4) is 0 Å². The minimum atomic E-state index is 0.144. The number of nitrogens with zero attached hydrogens (tertiary/aromatic N) is 3. The molecular weight excluding hydrogens is 429 g/mol. The minimum Gasteiger partial charge on any atom is -0.486 e. The second kappa shape index (κ2) is 8.61. The van der Waals surface area contributed by atoms with Crippen molar-refractivity contribution in [2.75, 3.05) is 13.2 Å². The number of benzene rings is 2. The van der Waals surface area contributed by atoms with Crippen LogP contribution in [0.2, 0.25) is 10.0 Å². The molecule has 0 unspecified atom stereocenters. The number of ether oxygens (including phenoxy) is 2. The maximum atomic E-state index is 6.22. The summed E-state index contributed by atoms with van der Waals surface area (Å²) in [6.07, 6.45) is 1.78. The smallest absolute Gasteiger partial charge is 0.206 e. The lowest BCUT2D eigenvalue weighted by Gasteiger charge is -2.18. The van der Waals surface area contributed by atoms with E-state index in [1.807, 2.05) is 54.2 Å². The van der Waals surface area contributed by atoms with E-state index in [9.17, 15) is 0 Å². The highest BCUT2D eigenvalue weighted by Crippen LogP contribution is 2.31. The van der Waals surface area contributed by atoms with Gasteiger partial charge in [-0.15, -0.1) is 11.3 Å². The quantitative estimate of drug-likeness (QED) is 0.496. The summed E-state index contributed by atoms with van der Waals surface area (Å²) in [5.41, 5.74) is 2.71. The molecule has 8 heteroatoms. The molecular formula is C21H19Cl2N3O2S. The summed E-state index contributed by atoms with van der Waals surface area (Å²) in [6.45, 7) is 5.19. The fraction of sp³-hybridized carbons (Fsp3) is 0.238. The first-order valence-electron chi connectivity index (χ1n) is 9.15. The van der Waals surface area contributed by atoms with Crippen molar-refractivity contribution in [3.63, 3.8) is 0 Å². The van der Waals surface area contributed by atoms with Gasteiger partial charge in [-0.3, -0.25) is 4.99 Å². The van der Waals surface area contributed by atoms with Crippen LogP contribution in [-0.4, -0.2) is 30.1 Å². The molecule has 4 rings (SSSR count). The van der Waals surface area contributed by atoms with E-state index < -0.39 is 0 Å². The Morgan fingerprint density at radius 3 is 2.59 bits per heavy atom. The lowest BCUT2D eigenvalue weighted by Crippen LogP contribution is -2.15. The Bertz CT molecular complexity index is 1140. The fourth-order valence-corrected chi connectivity index (χ4v) is 4.11. The Kier molecular flexibility index (Phi) is 5.94. The van der Waals surface area contributed by atoms with Crippen LogP contribution in [-0.2, 0) is 0 Å². The Morgan fingerprint density at radius 1 is 1.03 bits per heavy atom. The number of aromatic nitrogens is 1. The molecule has 2 aromatic carbocycles. The van der Waals surface area contributed by atoms with Gasteiger partial charge in [-0.05, 0) is 49.7 Å². The summed E-state index contributed by atoms with van der Waals surface area (Å²) >= 11 is 13.8. The molecule has 0 amide bonds. The molecule has 150 valence electrons. The molecule has 1 aliphatic heterocycles. The molecule has 29 heavy (non-hydrogen) atoms. The van der Waals surface area contributed by atoms with Gasteiger partial charge in [0.15, 0.2) is 11.5 Å². The Labute approximate surface area is 182 Å². The molecule has 0 radical (unpaired) electrons. The number of hydrogen-bond acceptors (Lipinski definition) is 5. The van der Waals surface area contributed by atoms with Crippen LogP contribution in [0.1, 0.15) is 19.4 Å². The van der Waals surface area contributed by atoms with Gasteiger partial charge in [0.2, 0.25) is 4.80 Å². The molecule has 2 heterocycles. The van der Waals surface area contributed by atoms with Crippen molar-refractivity contribution < 1.29 is 9.47 Å². The highest BCUT2D eigenvalue weighted by Gasteiger charge is 2.12. The van der Waals surface area contributed by atoms with Crippen molar-refractivity contribution in [3.8, 4) is 22.8 Å². The minimum absolute atomic E-state index is 0.144. The van der Waals surface area contributed by atoms with E-state index in [-0.39, 0.29) is 6.04 Å². The predicted octanol–water partition coefficient (Wildman–Crippen LogP) is 5.49. The first-order chi connectivity index (χ1) is 14.0. The normalized spacial score (nSPS) is 14.2. The van der Waals surface area contributed by atoms with Gasteiger partial charge in [0.25, 0.3) is 0 Å². The van der Waals surface area contributed by atoms with Crippen LogP contribution < -0.4 is 14.3 Å². The molecule has 5 nitrogen and oxygen atoms in total. The average molecular weight is 448 g/mol. The third-order valence-electron chi connectivity index (χ3n) is 4.16. The molecule has 0 saturated carbocycles. The second-order valence-corrected chi connectivity index (χ2v) is 8.37. The van der Waals surface area contributed by atoms with Crippen molar-refractivity contribution in [1.82, 2.24) is 4.68 Å². The number of halogens is 2. The Morgan fingerprint density at radius 2 is 1.83 bits per heavy atom. The number of fused-ring (bicyclic) bond motifs is 1. The van der Waals surface area contributed by atoms with Crippen LogP contribution in [0.15, 0.2) is 51.9 Å². The van der Waals surface area contributed by atoms with Crippen molar-refractivity contribution in [2.45, 2.75) is 19.9 Å². The van der Waals surface area contributed by atoms with Crippen LogP contribution >= 0.6 is 34.5 Å². The zero-order valence-corrected chi connectivity index (χ0v) is 18.3. The van der Waals surface area contributed by atoms with Gasteiger partial charge in [-0.2, -0.15) is 5.10 Å². The highest BCUT2D eigenvalue weighted by molar-refractivity contribution is 7.07. The lowest BCUT2D eigenvalue weighted by atomic mass is 10.2. The standard InChI is InChI=1S/C21H19Cl2N3O2S/c1-13(2)25-21-26(18(12-29-21)15-4-5-16(22)17(23)10-15)24-11-14-3-6-19-20(9-14)28-8-7-27-19/h3-6,9-13H,7-8H2,1-2H3/b24-11-,25-21?. The summed E-state index contributed by atoms with van der Waals surface area (Å²) in [5, 5.41) is 7.74. The van der Waals surface area contributed by atoms with Gasteiger partial charge in [0.1, 0.15) is 13.2 Å². The largest absolute Gasteiger partial charge is 0.486 e. The first-order valence-corrected chi connectivity index (χ1v) is 10.8. The Balaban J connectivity index is 1.76. The molecule has 0 fully saturated rings. The van der Waals surface area contributed by atoms with Gasteiger partial charge >= 0.3 is 0 Å². The Hall–Kier alpha value is -2.28. The average Bonchev–Trinajstić information content (AvgIpc) is 3.10. The van der Waals surface area contributed by atoms with E-state index in [2.05, 4.69) is 0 Å². The van der Waals surface area contributed by atoms with E-state index >= 15 is 0 Å². The number of rotatable bonds is 4. The van der Waals surface area contributed by atoms with Gasteiger partial charge < -0.3 is 9.47 Å². The maximum absolute atomic E-state index is 6.22. The van der Waals surface area contributed by atoms with Crippen LogP contribution in [0.4, 0.5) is 0 Å². The van der Waals surface area contributed by atoms with Crippen molar-refractivity contribution in [2.24, 2.45) is 10.1 Å². The van der Waals surface area contributed by atoms with Crippen LogP contribution in [0.5, 0.6) is 11.5 Å². The summed E-state index contributed by atoms with van der Waals surface area (Å²) < 4.78 is 13.1. The lowest BCUT2D eigenvalue weighted by molar-refractivity contribution is 0.171. The summed E-state index contributed by atoms with van der Waals surface area (Å²) in [6, 6.07) is 11.4. The van der Waals surface area contributed by atoms with Crippen LogP contribution in [0.25, 0.3) is 11.3 Å². The highest BCUT2D eigenvalue weighted by atomic mass is 35.5. The molecule has 0 spiro atoms. The molecule has 3 aromatic rings. The molecule has 0 bridgehead atoms. The molecule has 0 N–H and O–H groups in total. The van der Waals surface area contributed by atoms with Crippen LogP contribution in [0, 0.1) is 0 Å². The van der Waals surface area contributed by atoms with Gasteiger partial charge in [-0.1, -0.05) is 29.3 Å². The van der Waals surface area contributed by atoms with E-state index in [1.165, 1.54) is 11.3 Å². The van der Waals surface area contributed by atoms with Gasteiger partial charge in [0, 0.05) is 17.0 Å². The summed E-state index contributed by atoms with van der Waals surface area (Å²) in [5.74, 6) is 1.48. The monoisotopic (exact) mass is 447 g/mol. The second-order valence-electron chi connectivity index (χ2n) is 6.71. The predicted molar refractivity (Wildman–Crippen MR) is 119 cm³/mol. The van der Waals surface area contributed by atoms with E-state index in [1.54, 1.807) is 12.3 Å². The van der Waals surface area contributed by atoms with Crippen molar-refractivity contribution in [3.05, 3.63) is 62.2 Å². The maximum Gasteiger partial charge on any atom is 0.206 e. The van der Waals surface area contributed by atoms with Crippen molar-refractivity contribution in [1.29, 1.82) is 0 Å². The SMILES string of the molecule is CC(C)N=c1scc(-c2ccc(Cl)c(Cl)c2)n1/N=C\c1ccc2c(c1)OCCO2. The first kappa shape index (κ1) is 20.0. The molecule has 1 aliphatic rings. The molecule has 1 aromatic heterocycles. The van der Waals surface area contributed by atoms with Gasteiger partial charge in [-0.25, -0.2) is 4.68 Å². The summed E-state index contributed by atoms with van der Waals surface area (Å²) in [7, 11) is 0. The zero-order valence-electron chi connectivity index (χ0n) is 15.9. The fourth-order valence-electron chi connectivity index (χ4n) is 2.84. The molecule has 0 aliphatic carbocycles. The molecule has 0 saturated heterocycles. The topological polar surface area (TPSA) is 48.1 Å². The van der Waals surface area contributed by atoms with Crippen molar-refractivity contribution >= 4 is 40.8 Å². The van der Waals surface area contributed by atoms with Gasteiger partial charge in [0.05, 0.1) is 22.0 Å². The van der Waals surface area contributed by atoms with E-state index in [4.69, 9.17) is 42.8 Å². The summed E-state index contributed by atoms with van der Waals surface area (Å²) in [4.78, 5) is 5.49. The van der Waals surface area contributed by atoms with E-state index in [0.29, 0.717) is 23.3 Å². The zero-order chi connectivity index (χ0) is 20.4. The third-order valence-corrected chi connectivity index (χ3v) is 5.73. The molecule has 0 atom stereocenters. The third kappa shape index (κ3) is 4.50. The van der Waals surface area contributed by atoms with E-state index in [0.717, 1.165) is 33.1 Å². The number of thiazole rings is 1.